The molecule has 0 radical (unpaired) electrons. The fraction of sp³-hybridized carbons (Fsp3) is 0.444. The first-order chi connectivity index (χ1) is 6.24. The van der Waals surface area contributed by atoms with Gasteiger partial charge in [0.1, 0.15) is 0 Å². The van der Waals surface area contributed by atoms with E-state index in [-0.39, 0.29) is 11.8 Å². The third kappa shape index (κ3) is 2.82. The summed E-state index contributed by atoms with van der Waals surface area (Å²) in [6.45, 7) is 3.79. The van der Waals surface area contributed by atoms with Crippen molar-refractivity contribution in [3.63, 3.8) is 0 Å². The number of hydrogen-bond donors (Lipinski definition) is 0. The minimum atomic E-state index is -0.414. The van der Waals surface area contributed by atoms with Crippen molar-refractivity contribution in [2.75, 3.05) is 0 Å². The molecule has 0 aromatic carbocycles. The Morgan fingerprint density at radius 1 is 1.62 bits per heavy atom. The van der Waals surface area contributed by atoms with E-state index >= 15 is 0 Å². The number of carbonyl (C=O) groups excluding carboxylic acids is 1. The molecule has 1 rings (SSSR count). The number of carbonyl (C=O) groups is 1. The summed E-state index contributed by atoms with van der Waals surface area (Å²) in [5.74, 6) is -0.414. The zero-order chi connectivity index (χ0) is 9.68. The van der Waals surface area contributed by atoms with Crippen LogP contribution in [0.15, 0.2) is 18.6 Å². The molecule has 0 fully saturated rings. The van der Waals surface area contributed by atoms with Crippen LogP contribution in [0.1, 0.15) is 30.8 Å². The van der Waals surface area contributed by atoms with Crippen LogP contribution in [0.3, 0.4) is 0 Å². The van der Waals surface area contributed by atoms with Crippen LogP contribution in [0.5, 0.6) is 0 Å². The largest absolute Gasteiger partial charge is 0.458 e. The Labute approximate surface area is 77.0 Å². The van der Waals surface area contributed by atoms with Crippen molar-refractivity contribution in [3.05, 3.63) is 24.3 Å². The number of hydrogen-bond acceptors (Lipinski definition) is 4. The summed E-state index contributed by atoms with van der Waals surface area (Å²) < 4.78 is 5.04. The molecule has 1 aromatic heterocycles. The molecular weight excluding hydrogens is 168 g/mol. The molecule has 0 saturated heterocycles. The maximum Gasteiger partial charge on any atom is 0.358 e. The predicted octanol–water partition coefficient (Wildman–Crippen LogP) is 1.43. The zero-order valence-electron chi connectivity index (χ0n) is 7.73. The summed E-state index contributed by atoms with van der Waals surface area (Å²) in [5.41, 5.74) is 0.253. The van der Waals surface area contributed by atoms with E-state index in [0.29, 0.717) is 0 Å². The van der Waals surface area contributed by atoms with Gasteiger partial charge in [-0.3, -0.25) is 4.98 Å². The Balaban J connectivity index is 2.59. The first kappa shape index (κ1) is 9.64. The molecule has 13 heavy (non-hydrogen) atoms. The minimum Gasteiger partial charge on any atom is -0.458 e. The Morgan fingerprint density at radius 2 is 2.38 bits per heavy atom. The van der Waals surface area contributed by atoms with Gasteiger partial charge in [0.25, 0.3) is 0 Å². The van der Waals surface area contributed by atoms with Gasteiger partial charge in [-0.1, -0.05) is 6.92 Å². The molecule has 4 heteroatoms. The van der Waals surface area contributed by atoms with Crippen molar-refractivity contribution in [1.82, 2.24) is 9.97 Å². The van der Waals surface area contributed by atoms with Crippen LogP contribution < -0.4 is 0 Å². The van der Waals surface area contributed by atoms with Crippen molar-refractivity contribution < 1.29 is 9.53 Å². The fourth-order valence-corrected chi connectivity index (χ4v) is 0.731. The summed E-state index contributed by atoms with van der Waals surface area (Å²) >= 11 is 0. The first-order valence-electron chi connectivity index (χ1n) is 4.21. The monoisotopic (exact) mass is 180 g/mol. The van der Waals surface area contributed by atoms with Crippen molar-refractivity contribution >= 4 is 5.97 Å². The van der Waals surface area contributed by atoms with Crippen LogP contribution in [-0.4, -0.2) is 22.0 Å². The highest BCUT2D eigenvalue weighted by atomic mass is 16.5. The lowest BCUT2D eigenvalue weighted by Gasteiger charge is -2.09. The fourth-order valence-electron chi connectivity index (χ4n) is 0.731. The van der Waals surface area contributed by atoms with Gasteiger partial charge in [0.05, 0.1) is 12.3 Å². The third-order valence-electron chi connectivity index (χ3n) is 1.66. The molecule has 0 saturated carbocycles. The normalized spacial score (nSPS) is 12.2. The van der Waals surface area contributed by atoms with Crippen molar-refractivity contribution in [2.24, 2.45) is 0 Å². The van der Waals surface area contributed by atoms with Crippen LogP contribution in [0, 0.1) is 0 Å². The van der Waals surface area contributed by atoms with Gasteiger partial charge >= 0.3 is 5.97 Å². The van der Waals surface area contributed by atoms with Gasteiger partial charge in [-0.25, -0.2) is 9.78 Å². The average molecular weight is 180 g/mol. The molecule has 1 unspecified atom stereocenters. The summed E-state index contributed by atoms with van der Waals surface area (Å²) in [4.78, 5) is 18.9. The molecule has 1 aromatic rings. The molecular formula is C9H12N2O2. The molecule has 0 aliphatic rings. The summed E-state index contributed by atoms with van der Waals surface area (Å²) in [7, 11) is 0. The standard InChI is InChI=1S/C9H12N2O2/c1-3-7(2)13-9(12)8-6-10-4-5-11-8/h4-7H,3H2,1-2H3. The lowest BCUT2D eigenvalue weighted by Crippen LogP contribution is -2.15. The van der Waals surface area contributed by atoms with E-state index in [1.54, 1.807) is 0 Å². The zero-order valence-corrected chi connectivity index (χ0v) is 7.73. The molecule has 70 valence electrons. The number of aromatic nitrogens is 2. The summed E-state index contributed by atoms with van der Waals surface area (Å²) in [6.07, 6.45) is 5.10. The van der Waals surface area contributed by atoms with E-state index in [1.165, 1.54) is 18.6 Å². The molecule has 1 heterocycles. The molecule has 0 N–H and O–H groups in total. The van der Waals surface area contributed by atoms with Crippen LogP contribution in [-0.2, 0) is 4.74 Å². The maximum absolute atomic E-state index is 11.3. The quantitative estimate of drug-likeness (QED) is 0.660. The summed E-state index contributed by atoms with van der Waals surface area (Å²) in [6, 6.07) is 0. The second-order valence-electron chi connectivity index (χ2n) is 2.71. The number of esters is 1. The van der Waals surface area contributed by atoms with Gasteiger partial charge in [0.2, 0.25) is 0 Å². The van der Waals surface area contributed by atoms with E-state index < -0.39 is 5.97 Å². The van der Waals surface area contributed by atoms with Crippen LogP contribution in [0.25, 0.3) is 0 Å². The Kier molecular flexibility index (Phi) is 3.37. The number of ether oxygens (including phenoxy) is 1. The van der Waals surface area contributed by atoms with E-state index in [9.17, 15) is 4.79 Å². The van der Waals surface area contributed by atoms with Crippen molar-refractivity contribution in [3.8, 4) is 0 Å². The maximum atomic E-state index is 11.3. The third-order valence-corrected chi connectivity index (χ3v) is 1.66. The smallest absolute Gasteiger partial charge is 0.358 e. The lowest BCUT2D eigenvalue weighted by atomic mass is 10.3. The highest BCUT2D eigenvalue weighted by molar-refractivity contribution is 5.86. The molecule has 0 spiro atoms. The molecule has 0 aliphatic carbocycles. The topological polar surface area (TPSA) is 52.1 Å². The predicted molar refractivity (Wildman–Crippen MR) is 47.2 cm³/mol. The number of rotatable bonds is 3. The number of nitrogens with zero attached hydrogens (tertiary/aromatic N) is 2. The average Bonchev–Trinajstić information content (AvgIpc) is 2.19. The first-order valence-corrected chi connectivity index (χ1v) is 4.21. The van der Waals surface area contributed by atoms with Gasteiger partial charge in [-0.2, -0.15) is 0 Å². The lowest BCUT2D eigenvalue weighted by molar-refractivity contribution is 0.0327. The van der Waals surface area contributed by atoms with E-state index in [2.05, 4.69) is 9.97 Å². The molecule has 0 aliphatic heterocycles. The molecule has 0 amide bonds. The Bertz CT molecular complexity index is 274. The van der Waals surface area contributed by atoms with E-state index in [4.69, 9.17) is 4.74 Å². The molecule has 0 bridgehead atoms. The second-order valence-corrected chi connectivity index (χ2v) is 2.71. The van der Waals surface area contributed by atoms with Crippen LogP contribution in [0.2, 0.25) is 0 Å². The SMILES string of the molecule is CCC(C)OC(=O)c1cnccn1. The second kappa shape index (κ2) is 4.54. The van der Waals surface area contributed by atoms with Gasteiger partial charge in [0.15, 0.2) is 5.69 Å². The van der Waals surface area contributed by atoms with Gasteiger partial charge in [-0.05, 0) is 13.3 Å². The summed E-state index contributed by atoms with van der Waals surface area (Å²) in [5, 5.41) is 0. The van der Waals surface area contributed by atoms with Gasteiger partial charge < -0.3 is 4.74 Å². The van der Waals surface area contributed by atoms with Crippen LogP contribution >= 0.6 is 0 Å². The van der Waals surface area contributed by atoms with E-state index in [1.807, 2.05) is 13.8 Å². The molecule has 4 nitrogen and oxygen atoms in total. The van der Waals surface area contributed by atoms with Crippen LogP contribution in [0.4, 0.5) is 0 Å². The van der Waals surface area contributed by atoms with E-state index in [0.717, 1.165) is 6.42 Å². The van der Waals surface area contributed by atoms with Gasteiger partial charge in [0, 0.05) is 12.4 Å². The van der Waals surface area contributed by atoms with Crippen molar-refractivity contribution in [2.45, 2.75) is 26.4 Å². The highest BCUT2D eigenvalue weighted by Gasteiger charge is 2.11. The highest BCUT2D eigenvalue weighted by Crippen LogP contribution is 2.01. The minimum absolute atomic E-state index is 0.0745. The van der Waals surface area contributed by atoms with Crippen molar-refractivity contribution in [1.29, 1.82) is 0 Å². The Morgan fingerprint density at radius 3 is 2.92 bits per heavy atom. The molecule has 1 atom stereocenters. The Hall–Kier alpha value is -1.45. The van der Waals surface area contributed by atoms with Gasteiger partial charge in [-0.15, -0.1) is 0 Å².